The molecule has 4 heteroatoms. The highest BCUT2D eigenvalue weighted by Crippen LogP contribution is 2.20. The number of rotatable bonds is 8. The average molecular weight is 295 g/mol. The molecule has 3 nitrogen and oxygen atoms in total. The molecule has 1 unspecified atom stereocenters. The van der Waals surface area contributed by atoms with Crippen LogP contribution in [0.2, 0.25) is 0 Å². The van der Waals surface area contributed by atoms with Gasteiger partial charge in [-0.25, -0.2) is 4.98 Å². The normalized spacial score (nSPS) is 19.4. The maximum Gasteiger partial charge on any atom is 0.0954 e. The number of nitrogens with one attached hydrogen (secondary N) is 1. The molecule has 20 heavy (non-hydrogen) atoms. The lowest BCUT2D eigenvalue weighted by atomic mass is 10.2. The number of hydrogen-bond donors (Lipinski definition) is 1. The van der Waals surface area contributed by atoms with Crippen molar-refractivity contribution < 1.29 is 0 Å². The third kappa shape index (κ3) is 4.83. The number of nitrogens with zero attached hydrogens (tertiary/aromatic N) is 2. The van der Waals surface area contributed by atoms with Crippen molar-refractivity contribution in [3.05, 3.63) is 16.1 Å². The first kappa shape index (κ1) is 15.9. The standard InChI is InChI=1S/C16H29N3S/c1-4-5-9-19(10-14-7-6-8-17-14)11-15-12-20-16(18-15)13(2)3/h12-14,17H,4-11H2,1-3H3. The smallest absolute Gasteiger partial charge is 0.0954 e. The first-order valence-electron chi connectivity index (χ1n) is 8.09. The third-order valence-electron chi connectivity index (χ3n) is 3.92. The molecule has 0 radical (unpaired) electrons. The number of thiazole rings is 1. The van der Waals surface area contributed by atoms with Crippen molar-refractivity contribution in [1.82, 2.24) is 15.2 Å². The SMILES string of the molecule is CCCCN(Cc1csc(C(C)C)n1)CC1CCCN1. The van der Waals surface area contributed by atoms with Crippen LogP contribution < -0.4 is 5.32 Å². The van der Waals surface area contributed by atoms with E-state index in [2.05, 4.69) is 36.4 Å². The summed E-state index contributed by atoms with van der Waals surface area (Å²) in [4.78, 5) is 7.38. The molecule has 1 aliphatic rings. The molecule has 1 saturated heterocycles. The Morgan fingerprint density at radius 1 is 1.50 bits per heavy atom. The first-order chi connectivity index (χ1) is 9.69. The van der Waals surface area contributed by atoms with E-state index in [1.54, 1.807) is 0 Å². The van der Waals surface area contributed by atoms with Gasteiger partial charge in [-0.2, -0.15) is 0 Å². The van der Waals surface area contributed by atoms with Crippen LogP contribution >= 0.6 is 11.3 Å². The van der Waals surface area contributed by atoms with Crippen LogP contribution in [0.25, 0.3) is 0 Å². The largest absolute Gasteiger partial charge is 0.313 e. The summed E-state index contributed by atoms with van der Waals surface area (Å²) in [7, 11) is 0. The maximum atomic E-state index is 4.79. The van der Waals surface area contributed by atoms with Crippen molar-refractivity contribution in [2.75, 3.05) is 19.6 Å². The number of aromatic nitrogens is 1. The molecule has 0 saturated carbocycles. The lowest BCUT2D eigenvalue weighted by Crippen LogP contribution is -2.37. The highest BCUT2D eigenvalue weighted by atomic mass is 32.1. The van der Waals surface area contributed by atoms with Gasteiger partial charge in [0.05, 0.1) is 10.7 Å². The van der Waals surface area contributed by atoms with Gasteiger partial charge in [0.1, 0.15) is 0 Å². The predicted octanol–water partition coefficient (Wildman–Crippen LogP) is 3.62. The van der Waals surface area contributed by atoms with Crippen LogP contribution in [0, 0.1) is 0 Å². The molecule has 1 aromatic rings. The zero-order chi connectivity index (χ0) is 14.4. The minimum Gasteiger partial charge on any atom is -0.313 e. The van der Waals surface area contributed by atoms with Crippen molar-refractivity contribution in [3.8, 4) is 0 Å². The molecule has 0 bridgehead atoms. The van der Waals surface area contributed by atoms with E-state index in [4.69, 9.17) is 4.98 Å². The van der Waals surface area contributed by atoms with Crippen molar-refractivity contribution in [3.63, 3.8) is 0 Å². The van der Waals surface area contributed by atoms with E-state index in [9.17, 15) is 0 Å². The van der Waals surface area contributed by atoms with Gasteiger partial charge in [-0.1, -0.05) is 27.2 Å². The quantitative estimate of drug-likeness (QED) is 0.794. The molecule has 1 aliphatic heterocycles. The van der Waals surface area contributed by atoms with Crippen LogP contribution in [0.4, 0.5) is 0 Å². The molecule has 1 atom stereocenters. The van der Waals surface area contributed by atoms with Gasteiger partial charge in [0, 0.05) is 30.4 Å². The Morgan fingerprint density at radius 2 is 2.35 bits per heavy atom. The monoisotopic (exact) mass is 295 g/mol. The number of hydrogen-bond acceptors (Lipinski definition) is 4. The lowest BCUT2D eigenvalue weighted by molar-refractivity contribution is 0.235. The fourth-order valence-electron chi connectivity index (χ4n) is 2.73. The van der Waals surface area contributed by atoms with E-state index in [1.807, 2.05) is 11.3 Å². The van der Waals surface area contributed by atoms with Crippen LogP contribution in [0.1, 0.15) is 63.1 Å². The Hall–Kier alpha value is -0.450. The highest BCUT2D eigenvalue weighted by molar-refractivity contribution is 7.09. The maximum absolute atomic E-state index is 4.79. The van der Waals surface area contributed by atoms with Gasteiger partial charge in [0.25, 0.3) is 0 Å². The van der Waals surface area contributed by atoms with E-state index in [0.717, 1.165) is 6.54 Å². The summed E-state index contributed by atoms with van der Waals surface area (Å²) in [5.41, 5.74) is 1.26. The van der Waals surface area contributed by atoms with E-state index in [0.29, 0.717) is 12.0 Å². The van der Waals surface area contributed by atoms with Crippen LogP contribution in [0.3, 0.4) is 0 Å². The zero-order valence-corrected chi connectivity index (χ0v) is 14.0. The lowest BCUT2D eigenvalue weighted by Gasteiger charge is -2.24. The average Bonchev–Trinajstić information content (AvgIpc) is 3.07. The Bertz CT molecular complexity index is 383. The molecule has 1 fully saturated rings. The van der Waals surface area contributed by atoms with Crippen LogP contribution in [0.15, 0.2) is 5.38 Å². The Morgan fingerprint density at radius 3 is 2.95 bits per heavy atom. The van der Waals surface area contributed by atoms with Crippen molar-refractivity contribution in [2.24, 2.45) is 0 Å². The second-order valence-electron chi connectivity index (χ2n) is 6.21. The summed E-state index contributed by atoms with van der Waals surface area (Å²) in [6.07, 6.45) is 5.22. The van der Waals surface area contributed by atoms with E-state index < -0.39 is 0 Å². The van der Waals surface area contributed by atoms with Gasteiger partial charge >= 0.3 is 0 Å². The number of unbranched alkanes of at least 4 members (excludes halogenated alkanes) is 1. The van der Waals surface area contributed by atoms with E-state index >= 15 is 0 Å². The van der Waals surface area contributed by atoms with Crippen LogP contribution in [0.5, 0.6) is 0 Å². The van der Waals surface area contributed by atoms with Crippen LogP contribution in [-0.2, 0) is 6.54 Å². The van der Waals surface area contributed by atoms with Crippen molar-refractivity contribution in [2.45, 2.75) is 65.0 Å². The van der Waals surface area contributed by atoms with Gasteiger partial charge in [-0.3, -0.25) is 4.90 Å². The van der Waals surface area contributed by atoms with Crippen molar-refractivity contribution >= 4 is 11.3 Å². The van der Waals surface area contributed by atoms with E-state index in [1.165, 1.54) is 56.0 Å². The zero-order valence-electron chi connectivity index (χ0n) is 13.2. The topological polar surface area (TPSA) is 28.2 Å². The summed E-state index contributed by atoms with van der Waals surface area (Å²) in [6, 6.07) is 0.690. The molecular formula is C16H29N3S. The second-order valence-corrected chi connectivity index (χ2v) is 7.10. The predicted molar refractivity (Wildman–Crippen MR) is 87.4 cm³/mol. The van der Waals surface area contributed by atoms with E-state index in [-0.39, 0.29) is 0 Å². The van der Waals surface area contributed by atoms with Crippen molar-refractivity contribution in [1.29, 1.82) is 0 Å². The van der Waals surface area contributed by atoms with Gasteiger partial charge in [-0.15, -0.1) is 11.3 Å². The molecule has 0 aliphatic carbocycles. The molecule has 0 amide bonds. The fourth-order valence-corrected chi connectivity index (χ4v) is 3.56. The summed E-state index contributed by atoms with van der Waals surface area (Å²) >= 11 is 1.81. The second kappa shape index (κ2) is 8.11. The molecule has 0 spiro atoms. The molecule has 114 valence electrons. The molecule has 2 heterocycles. The van der Waals surface area contributed by atoms with Gasteiger partial charge in [0.2, 0.25) is 0 Å². The Labute approximate surface area is 127 Å². The third-order valence-corrected chi connectivity index (χ3v) is 5.11. The van der Waals surface area contributed by atoms with Crippen LogP contribution in [-0.4, -0.2) is 35.6 Å². The van der Waals surface area contributed by atoms with Gasteiger partial charge < -0.3 is 5.32 Å². The van der Waals surface area contributed by atoms with Gasteiger partial charge in [-0.05, 0) is 32.4 Å². The molecule has 0 aromatic carbocycles. The molecule has 1 N–H and O–H groups in total. The fraction of sp³-hybridized carbons (Fsp3) is 0.812. The summed E-state index contributed by atoms with van der Waals surface area (Å²) in [6.45, 7) is 11.3. The van der Waals surface area contributed by atoms with Gasteiger partial charge in [0.15, 0.2) is 0 Å². The Balaban J connectivity index is 1.90. The molecule has 1 aromatic heterocycles. The summed E-state index contributed by atoms with van der Waals surface area (Å²) in [5.74, 6) is 0.550. The summed E-state index contributed by atoms with van der Waals surface area (Å²) in [5, 5.41) is 7.13. The molecule has 2 rings (SSSR count). The minimum atomic E-state index is 0.550. The Kier molecular flexibility index (Phi) is 6.46. The molecular weight excluding hydrogens is 266 g/mol. The highest BCUT2D eigenvalue weighted by Gasteiger charge is 2.18. The minimum absolute atomic E-state index is 0.550. The summed E-state index contributed by atoms with van der Waals surface area (Å²) < 4.78 is 0. The first-order valence-corrected chi connectivity index (χ1v) is 8.97.